The fourth-order valence-electron chi connectivity index (χ4n) is 4.01. The first-order valence-electron chi connectivity index (χ1n) is 9.87. The van der Waals surface area contributed by atoms with E-state index in [1.807, 2.05) is 40.4 Å². The summed E-state index contributed by atoms with van der Waals surface area (Å²) in [5.41, 5.74) is 0.994. The molecule has 2 aliphatic rings. The van der Waals surface area contributed by atoms with Crippen molar-refractivity contribution >= 4 is 11.8 Å². The lowest BCUT2D eigenvalue weighted by Crippen LogP contribution is -2.52. The number of hydrogen-bond acceptors (Lipinski definition) is 5. The van der Waals surface area contributed by atoms with E-state index < -0.39 is 0 Å². The van der Waals surface area contributed by atoms with E-state index in [1.165, 1.54) is 0 Å². The zero-order valence-electron chi connectivity index (χ0n) is 16.0. The van der Waals surface area contributed by atoms with Crippen molar-refractivity contribution in [1.29, 1.82) is 0 Å². The molecule has 1 atom stereocenters. The molecule has 148 valence electrons. The molecule has 0 aliphatic carbocycles. The van der Waals surface area contributed by atoms with Crippen molar-refractivity contribution in [1.82, 2.24) is 29.7 Å². The number of rotatable bonds is 5. The highest BCUT2D eigenvalue weighted by atomic mass is 16.2. The summed E-state index contributed by atoms with van der Waals surface area (Å²) in [6.45, 7) is 4.08. The van der Waals surface area contributed by atoms with Crippen molar-refractivity contribution in [2.45, 2.75) is 25.3 Å². The van der Waals surface area contributed by atoms with Crippen LogP contribution in [0, 0.1) is 0 Å². The van der Waals surface area contributed by atoms with Crippen LogP contribution < -0.4 is 5.32 Å². The Bertz CT molecular complexity index is 821. The van der Waals surface area contributed by atoms with E-state index in [1.54, 1.807) is 6.20 Å². The molecule has 2 aromatic rings. The molecule has 0 bridgehead atoms. The summed E-state index contributed by atoms with van der Waals surface area (Å²) in [6, 6.07) is 5.91. The van der Waals surface area contributed by atoms with E-state index in [-0.39, 0.29) is 17.7 Å². The first kappa shape index (κ1) is 18.6. The number of nitrogens with one attached hydrogen (secondary N) is 1. The Labute approximate surface area is 164 Å². The molecule has 0 saturated carbocycles. The van der Waals surface area contributed by atoms with Gasteiger partial charge in [0.2, 0.25) is 11.8 Å². The topological polar surface area (TPSA) is 83.4 Å². The summed E-state index contributed by atoms with van der Waals surface area (Å²) in [4.78, 5) is 37.2. The summed E-state index contributed by atoms with van der Waals surface area (Å²) in [7, 11) is 0. The number of piperazine rings is 1. The van der Waals surface area contributed by atoms with Gasteiger partial charge in [0.15, 0.2) is 0 Å². The Kier molecular flexibility index (Phi) is 5.66. The van der Waals surface area contributed by atoms with Crippen LogP contribution in [-0.4, -0.2) is 75.4 Å². The minimum Gasteiger partial charge on any atom is -0.354 e. The van der Waals surface area contributed by atoms with Gasteiger partial charge in [0.1, 0.15) is 5.82 Å². The van der Waals surface area contributed by atoms with E-state index in [9.17, 15) is 9.59 Å². The third-order valence-corrected chi connectivity index (χ3v) is 5.42. The Morgan fingerprint density at radius 2 is 2.14 bits per heavy atom. The highest BCUT2D eigenvalue weighted by Crippen LogP contribution is 2.26. The van der Waals surface area contributed by atoms with Crippen LogP contribution in [0.25, 0.3) is 0 Å². The van der Waals surface area contributed by atoms with Gasteiger partial charge in [0.05, 0.1) is 25.3 Å². The van der Waals surface area contributed by atoms with Crippen molar-refractivity contribution in [2.75, 3.05) is 39.3 Å². The van der Waals surface area contributed by atoms with Gasteiger partial charge in [0.25, 0.3) is 0 Å². The van der Waals surface area contributed by atoms with Crippen LogP contribution >= 0.6 is 0 Å². The number of pyridine rings is 1. The molecule has 0 aromatic carbocycles. The van der Waals surface area contributed by atoms with Crippen LogP contribution in [0.5, 0.6) is 0 Å². The molecule has 8 heteroatoms. The molecule has 2 aliphatic heterocycles. The van der Waals surface area contributed by atoms with E-state index in [2.05, 4.69) is 19.9 Å². The van der Waals surface area contributed by atoms with E-state index in [0.29, 0.717) is 32.7 Å². The molecule has 2 amide bonds. The molecule has 2 aromatic heterocycles. The van der Waals surface area contributed by atoms with Crippen molar-refractivity contribution < 1.29 is 9.59 Å². The number of carbonyl (C=O) groups is 2. The van der Waals surface area contributed by atoms with Gasteiger partial charge >= 0.3 is 0 Å². The first-order chi connectivity index (χ1) is 13.7. The first-order valence-corrected chi connectivity index (χ1v) is 9.87. The van der Waals surface area contributed by atoms with Crippen molar-refractivity contribution in [3.63, 3.8) is 0 Å². The minimum absolute atomic E-state index is 0.00730. The maximum absolute atomic E-state index is 12.8. The molecule has 4 heterocycles. The van der Waals surface area contributed by atoms with Gasteiger partial charge in [-0.2, -0.15) is 0 Å². The van der Waals surface area contributed by atoms with Crippen LogP contribution in [0.1, 0.15) is 30.3 Å². The Balaban J connectivity index is 1.39. The van der Waals surface area contributed by atoms with Gasteiger partial charge in [-0.25, -0.2) is 4.98 Å². The molecule has 4 rings (SSSR count). The molecular formula is C20H26N6O2. The molecule has 8 nitrogen and oxygen atoms in total. The second-order valence-corrected chi connectivity index (χ2v) is 7.47. The second kappa shape index (κ2) is 8.52. The maximum Gasteiger partial charge on any atom is 0.236 e. The Morgan fingerprint density at radius 1 is 1.21 bits per heavy atom. The average Bonchev–Trinajstić information content (AvgIpc) is 3.17. The SMILES string of the molecule is O=C1CN(CC(=O)N2CCCC(c3nccn3Cc3ccccn3)C2)CCN1. The third kappa shape index (κ3) is 4.39. The molecule has 2 fully saturated rings. The zero-order chi connectivity index (χ0) is 19.3. The van der Waals surface area contributed by atoms with Crippen molar-refractivity contribution in [2.24, 2.45) is 0 Å². The summed E-state index contributed by atoms with van der Waals surface area (Å²) in [6.07, 6.45) is 7.60. The Morgan fingerprint density at radius 3 is 2.96 bits per heavy atom. The summed E-state index contributed by atoms with van der Waals surface area (Å²) in [5, 5.41) is 2.79. The standard InChI is InChI=1S/C20H26N6O2/c27-18-14-24(10-7-22-18)15-19(28)25-9-3-4-16(12-25)20-23-8-11-26(20)13-17-5-1-2-6-21-17/h1-2,5-6,8,11,16H,3-4,7,9-10,12-15H2,(H,22,27). The van der Waals surface area contributed by atoms with E-state index in [4.69, 9.17) is 0 Å². The molecular weight excluding hydrogens is 356 g/mol. The van der Waals surface area contributed by atoms with Gasteiger partial charge < -0.3 is 14.8 Å². The number of nitrogens with zero attached hydrogens (tertiary/aromatic N) is 5. The van der Waals surface area contributed by atoms with Gasteiger partial charge in [-0.1, -0.05) is 6.07 Å². The fraction of sp³-hybridized carbons (Fsp3) is 0.500. The lowest BCUT2D eigenvalue weighted by atomic mass is 9.97. The summed E-state index contributed by atoms with van der Waals surface area (Å²) in [5.74, 6) is 1.33. The zero-order valence-corrected chi connectivity index (χ0v) is 16.0. The van der Waals surface area contributed by atoms with Crippen molar-refractivity contribution in [3.05, 3.63) is 48.3 Å². The maximum atomic E-state index is 12.8. The smallest absolute Gasteiger partial charge is 0.236 e. The van der Waals surface area contributed by atoms with Crippen LogP contribution in [0.3, 0.4) is 0 Å². The number of carbonyl (C=O) groups excluding carboxylic acids is 2. The highest BCUT2D eigenvalue weighted by Gasteiger charge is 2.29. The predicted molar refractivity (Wildman–Crippen MR) is 104 cm³/mol. The summed E-state index contributed by atoms with van der Waals surface area (Å²) >= 11 is 0. The predicted octanol–water partition coefficient (Wildman–Crippen LogP) is 0.464. The Hall–Kier alpha value is -2.74. The van der Waals surface area contributed by atoms with Crippen LogP contribution in [-0.2, 0) is 16.1 Å². The molecule has 0 radical (unpaired) electrons. The normalized spacial score (nSPS) is 20.8. The fourth-order valence-corrected chi connectivity index (χ4v) is 4.01. The lowest BCUT2D eigenvalue weighted by Gasteiger charge is -2.35. The largest absolute Gasteiger partial charge is 0.354 e. The lowest BCUT2D eigenvalue weighted by molar-refractivity contribution is -0.135. The number of imidazole rings is 1. The van der Waals surface area contributed by atoms with Gasteiger partial charge in [0, 0.05) is 50.7 Å². The third-order valence-electron chi connectivity index (χ3n) is 5.42. The highest BCUT2D eigenvalue weighted by molar-refractivity contribution is 5.82. The summed E-state index contributed by atoms with van der Waals surface area (Å²) < 4.78 is 2.13. The van der Waals surface area contributed by atoms with Crippen LogP contribution in [0.15, 0.2) is 36.8 Å². The number of hydrogen-bond donors (Lipinski definition) is 1. The molecule has 1 N–H and O–H groups in total. The van der Waals surface area contributed by atoms with Crippen LogP contribution in [0.2, 0.25) is 0 Å². The van der Waals surface area contributed by atoms with E-state index in [0.717, 1.165) is 37.4 Å². The van der Waals surface area contributed by atoms with Gasteiger partial charge in [-0.15, -0.1) is 0 Å². The second-order valence-electron chi connectivity index (χ2n) is 7.47. The van der Waals surface area contributed by atoms with Gasteiger partial charge in [-0.05, 0) is 25.0 Å². The molecule has 1 unspecified atom stereocenters. The number of aromatic nitrogens is 3. The molecule has 28 heavy (non-hydrogen) atoms. The van der Waals surface area contributed by atoms with E-state index >= 15 is 0 Å². The molecule has 2 saturated heterocycles. The van der Waals surface area contributed by atoms with Gasteiger partial charge in [-0.3, -0.25) is 19.5 Å². The monoisotopic (exact) mass is 382 g/mol. The van der Waals surface area contributed by atoms with Crippen molar-refractivity contribution in [3.8, 4) is 0 Å². The molecule has 0 spiro atoms. The quantitative estimate of drug-likeness (QED) is 0.813. The van der Waals surface area contributed by atoms with Crippen LogP contribution in [0.4, 0.5) is 0 Å². The number of amides is 2. The number of likely N-dealkylation sites (tertiary alicyclic amines) is 1. The average molecular weight is 382 g/mol. The minimum atomic E-state index is -0.00730. The number of piperidine rings is 1.